The maximum atomic E-state index is 12.5. The van der Waals surface area contributed by atoms with E-state index in [9.17, 15) is 9.59 Å². The molecule has 0 N–H and O–H groups in total. The van der Waals surface area contributed by atoms with Crippen LogP contribution in [0.25, 0.3) is 11.0 Å². The summed E-state index contributed by atoms with van der Waals surface area (Å²) in [5.74, 6) is -0.355. The molecule has 5 heteroatoms. The summed E-state index contributed by atoms with van der Waals surface area (Å²) in [7, 11) is 1.72. The molecule has 0 aliphatic rings. The predicted molar refractivity (Wildman–Crippen MR) is 88.3 cm³/mol. The van der Waals surface area contributed by atoms with Gasteiger partial charge in [0.15, 0.2) is 0 Å². The molecule has 0 saturated heterocycles. The van der Waals surface area contributed by atoms with Gasteiger partial charge < -0.3 is 14.1 Å². The molecule has 124 valence electrons. The molecule has 0 aliphatic carbocycles. The lowest BCUT2D eigenvalue weighted by Gasteiger charge is -2.20. The Labute approximate surface area is 136 Å². The smallest absolute Gasteiger partial charge is 0.306 e. The van der Waals surface area contributed by atoms with E-state index in [-0.39, 0.29) is 11.9 Å². The molecule has 0 radical (unpaired) electrons. The number of amides is 1. The van der Waals surface area contributed by atoms with Gasteiger partial charge in [0, 0.05) is 25.4 Å². The van der Waals surface area contributed by atoms with Crippen LogP contribution in [-0.2, 0) is 9.53 Å². The van der Waals surface area contributed by atoms with Crippen LogP contribution in [-0.4, -0.2) is 36.0 Å². The number of esters is 1. The summed E-state index contributed by atoms with van der Waals surface area (Å²) in [6, 6.07) is 7.43. The van der Waals surface area contributed by atoms with Gasteiger partial charge in [0.1, 0.15) is 17.4 Å². The minimum atomic E-state index is -0.478. The minimum absolute atomic E-state index is 0.112. The van der Waals surface area contributed by atoms with Gasteiger partial charge in [0.25, 0.3) is 5.91 Å². The molecule has 1 aromatic carbocycles. The molecule has 2 aromatic rings. The molecule has 2 rings (SSSR count). The third-order valence-corrected chi connectivity index (χ3v) is 3.35. The van der Waals surface area contributed by atoms with E-state index in [0.29, 0.717) is 30.5 Å². The van der Waals surface area contributed by atoms with Gasteiger partial charge in [-0.3, -0.25) is 9.59 Å². The molecule has 0 saturated carbocycles. The molecule has 0 bridgehead atoms. The van der Waals surface area contributed by atoms with Crippen molar-refractivity contribution in [3.8, 4) is 0 Å². The topological polar surface area (TPSA) is 59.8 Å². The van der Waals surface area contributed by atoms with E-state index < -0.39 is 5.60 Å². The molecule has 23 heavy (non-hydrogen) atoms. The molecule has 1 heterocycles. The van der Waals surface area contributed by atoms with Crippen molar-refractivity contribution in [2.45, 2.75) is 39.2 Å². The number of benzene rings is 1. The number of furan rings is 1. The molecule has 0 atom stereocenters. The first-order valence-corrected chi connectivity index (χ1v) is 7.71. The SMILES string of the molecule is CN(CCCC(=O)OC(C)(C)C)C(=O)c1coc2ccccc12. The van der Waals surface area contributed by atoms with E-state index in [1.807, 2.05) is 45.0 Å². The van der Waals surface area contributed by atoms with Crippen molar-refractivity contribution in [2.75, 3.05) is 13.6 Å². The van der Waals surface area contributed by atoms with Gasteiger partial charge >= 0.3 is 5.97 Å². The van der Waals surface area contributed by atoms with Crippen LogP contribution < -0.4 is 0 Å². The second-order valence-electron chi connectivity index (χ2n) is 6.56. The van der Waals surface area contributed by atoms with E-state index in [0.717, 1.165) is 5.39 Å². The molecule has 0 spiro atoms. The number of carbonyl (C=O) groups is 2. The van der Waals surface area contributed by atoms with Crippen molar-refractivity contribution < 1.29 is 18.7 Å². The van der Waals surface area contributed by atoms with Gasteiger partial charge in [-0.05, 0) is 33.3 Å². The van der Waals surface area contributed by atoms with Gasteiger partial charge in [0.05, 0.1) is 5.56 Å². The third kappa shape index (κ3) is 4.58. The second kappa shape index (κ2) is 6.86. The Morgan fingerprint density at radius 1 is 1.22 bits per heavy atom. The van der Waals surface area contributed by atoms with E-state index in [2.05, 4.69) is 0 Å². The Morgan fingerprint density at radius 2 is 1.91 bits per heavy atom. The maximum Gasteiger partial charge on any atom is 0.306 e. The summed E-state index contributed by atoms with van der Waals surface area (Å²) in [5, 5.41) is 0.802. The van der Waals surface area contributed by atoms with Crippen LogP contribution in [0.5, 0.6) is 0 Å². The first-order valence-electron chi connectivity index (χ1n) is 7.71. The Morgan fingerprint density at radius 3 is 2.61 bits per heavy atom. The van der Waals surface area contributed by atoms with Crippen molar-refractivity contribution in [3.63, 3.8) is 0 Å². The number of hydrogen-bond acceptors (Lipinski definition) is 4. The number of hydrogen-bond donors (Lipinski definition) is 0. The number of fused-ring (bicyclic) bond motifs is 1. The van der Waals surface area contributed by atoms with Crippen molar-refractivity contribution >= 4 is 22.8 Å². The summed E-state index contributed by atoms with van der Waals surface area (Å²) < 4.78 is 10.6. The molecule has 0 unspecified atom stereocenters. The third-order valence-electron chi connectivity index (χ3n) is 3.35. The highest BCUT2D eigenvalue weighted by atomic mass is 16.6. The molecule has 0 fully saturated rings. The second-order valence-corrected chi connectivity index (χ2v) is 6.56. The van der Waals surface area contributed by atoms with Gasteiger partial charge in [0.2, 0.25) is 0 Å². The average molecular weight is 317 g/mol. The fraction of sp³-hybridized carbons (Fsp3) is 0.444. The monoisotopic (exact) mass is 317 g/mol. The zero-order valence-corrected chi connectivity index (χ0v) is 14.1. The van der Waals surface area contributed by atoms with Gasteiger partial charge in [-0.25, -0.2) is 0 Å². The van der Waals surface area contributed by atoms with E-state index >= 15 is 0 Å². The Balaban J connectivity index is 1.90. The lowest BCUT2D eigenvalue weighted by molar-refractivity contribution is -0.154. The number of nitrogens with zero attached hydrogens (tertiary/aromatic N) is 1. The molecule has 1 amide bonds. The minimum Gasteiger partial charge on any atom is -0.463 e. The van der Waals surface area contributed by atoms with Crippen LogP contribution >= 0.6 is 0 Å². The average Bonchev–Trinajstić information content (AvgIpc) is 2.88. The van der Waals surface area contributed by atoms with Crippen LogP contribution in [0.4, 0.5) is 0 Å². The molecular weight excluding hydrogens is 294 g/mol. The predicted octanol–water partition coefficient (Wildman–Crippen LogP) is 3.63. The molecule has 0 aliphatic heterocycles. The highest BCUT2D eigenvalue weighted by molar-refractivity contribution is 6.05. The van der Waals surface area contributed by atoms with Crippen LogP contribution in [0.15, 0.2) is 34.9 Å². The highest BCUT2D eigenvalue weighted by Gasteiger charge is 2.19. The Bertz CT molecular complexity index is 696. The fourth-order valence-corrected chi connectivity index (χ4v) is 2.30. The normalized spacial score (nSPS) is 11.5. The lowest BCUT2D eigenvalue weighted by atomic mass is 10.1. The zero-order chi connectivity index (χ0) is 17.0. The van der Waals surface area contributed by atoms with E-state index in [1.54, 1.807) is 11.9 Å². The van der Waals surface area contributed by atoms with Crippen molar-refractivity contribution in [2.24, 2.45) is 0 Å². The number of carbonyl (C=O) groups excluding carboxylic acids is 2. The summed E-state index contributed by atoms with van der Waals surface area (Å²) in [5.41, 5.74) is 0.757. The van der Waals surface area contributed by atoms with Crippen LogP contribution in [0, 0.1) is 0 Å². The van der Waals surface area contributed by atoms with Crippen LogP contribution in [0.1, 0.15) is 44.0 Å². The Kier molecular flexibility index (Phi) is 5.08. The summed E-state index contributed by atoms with van der Waals surface area (Å²) in [4.78, 5) is 25.7. The first kappa shape index (κ1) is 17.1. The summed E-state index contributed by atoms with van der Waals surface area (Å²) in [6.45, 7) is 6.00. The number of rotatable bonds is 5. The van der Waals surface area contributed by atoms with Crippen molar-refractivity contribution in [1.29, 1.82) is 0 Å². The summed E-state index contributed by atoms with van der Waals surface area (Å²) in [6.07, 6.45) is 2.34. The highest BCUT2D eigenvalue weighted by Crippen LogP contribution is 2.22. The quantitative estimate of drug-likeness (QED) is 0.790. The van der Waals surface area contributed by atoms with Gasteiger partial charge in [-0.15, -0.1) is 0 Å². The standard InChI is InChI=1S/C18H23NO4/c1-18(2,3)23-16(20)10-7-11-19(4)17(21)14-12-22-15-9-6-5-8-13(14)15/h5-6,8-9,12H,7,10-11H2,1-4H3. The van der Waals surface area contributed by atoms with Gasteiger partial charge in [-0.1, -0.05) is 18.2 Å². The lowest BCUT2D eigenvalue weighted by Crippen LogP contribution is -2.29. The molecule has 5 nitrogen and oxygen atoms in total. The van der Waals surface area contributed by atoms with E-state index in [1.165, 1.54) is 6.26 Å². The number of para-hydroxylation sites is 1. The van der Waals surface area contributed by atoms with Crippen molar-refractivity contribution in [1.82, 2.24) is 4.90 Å². The number of ether oxygens (including phenoxy) is 1. The van der Waals surface area contributed by atoms with Crippen LogP contribution in [0.3, 0.4) is 0 Å². The largest absolute Gasteiger partial charge is 0.463 e. The first-order chi connectivity index (χ1) is 10.8. The fourth-order valence-electron chi connectivity index (χ4n) is 2.30. The van der Waals surface area contributed by atoms with Crippen LogP contribution in [0.2, 0.25) is 0 Å². The maximum absolute atomic E-state index is 12.5. The molecule has 1 aromatic heterocycles. The summed E-state index contributed by atoms with van der Waals surface area (Å²) >= 11 is 0. The van der Waals surface area contributed by atoms with Crippen molar-refractivity contribution in [3.05, 3.63) is 36.1 Å². The molecular formula is C18H23NO4. The van der Waals surface area contributed by atoms with Gasteiger partial charge in [-0.2, -0.15) is 0 Å². The Hall–Kier alpha value is -2.30. The van der Waals surface area contributed by atoms with E-state index in [4.69, 9.17) is 9.15 Å². The zero-order valence-electron chi connectivity index (χ0n) is 14.1.